The maximum atomic E-state index is 12.9. The van der Waals surface area contributed by atoms with Crippen molar-refractivity contribution in [3.8, 4) is 5.75 Å². The number of rotatable bonds is 6. The normalized spacial score (nSPS) is 15.6. The molecule has 1 amide bonds. The largest absolute Gasteiger partial charge is 0.497 e. The smallest absolute Gasteiger partial charge is 0.272 e. The van der Waals surface area contributed by atoms with Gasteiger partial charge < -0.3 is 14.8 Å². The lowest BCUT2D eigenvalue weighted by Gasteiger charge is -2.35. The zero-order valence-electron chi connectivity index (χ0n) is 16.8. The molecule has 3 aromatic rings. The highest BCUT2D eigenvalue weighted by Gasteiger charge is 2.24. The number of ether oxygens (including phenoxy) is 2. The highest BCUT2D eigenvalue weighted by Crippen LogP contribution is 2.24. The third-order valence-corrected chi connectivity index (χ3v) is 5.35. The number of nitrogens with one attached hydrogen (secondary N) is 2. The van der Waals surface area contributed by atoms with Crippen LogP contribution in [0.3, 0.4) is 0 Å². The summed E-state index contributed by atoms with van der Waals surface area (Å²) in [5, 5.41) is 10.4. The molecule has 156 valence electrons. The van der Waals surface area contributed by atoms with Gasteiger partial charge in [-0.1, -0.05) is 30.3 Å². The Balaban J connectivity index is 1.57. The van der Waals surface area contributed by atoms with E-state index in [2.05, 4.69) is 20.4 Å². The fourth-order valence-electron chi connectivity index (χ4n) is 3.73. The van der Waals surface area contributed by atoms with Gasteiger partial charge >= 0.3 is 0 Å². The van der Waals surface area contributed by atoms with Crippen LogP contribution >= 0.6 is 0 Å². The molecule has 0 saturated carbocycles. The number of morpholine rings is 1. The second-order valence-corrected chi connectivity index (χ2v) is 7.09. The summed E-state index contributed by atoms with van der Waals surface area (Å²) in [5.41, 5.74) is 0.976. The van der Waals surface area contributed by atoms with Crippen LogP contribution in [0.2, 0.25) is 0 Å². The molecular formula is C22H24N4O4. The zero-order valence-corrected chi connectivity index (χ0v) is 16.8. The van der Waals surface area contributed by atoms with Crippen molar-refractivity contribution in [2.24, 2.45) is 0 Å². The van der Waals surface area contributed by atoms with E-state index in [1.54, 1.807) is 31.4 Å². The van der Waals surface area contributed by atoms with Crippen LogP contribution in [0.4, 0.5) is 0 Å². The lowest BCUT2D eigenvalue weighted by Crippen LogP contribution is -2.44. The number of aromatic nitrogens is 2. The Bertz CT molecular complexity index is 1070. The average Bonchev–Trinajstić information content (AvgIpc) is 2.80. The second kappa shape index (κ2) is 9.06. The predicted molar refractivity (Wildman–Crippen MR) is 113 cm³/mol. The van der Waals surface area contributed by atoms with Gasteiger partial charge in [-0.3, -0.25) is 14.5 Å². The first-order valence-corrected chi connectivity index (χ1v) is 9.89. The van der Waals surface area contributed by atoms with Crippen LogP contribution in [0.5, 0.6) is 5.75 Å². The molecule has 30 heavy (non-hydrogen) atoms. The summed E-state index contributed by atoms with van der Waals surface area (Å²) in [7, 11) is 1.64. The molecular weight excluding hydrogens is 384 g/mol. The van der Waals surface area contributed by atoms with E-state index in [-0.39, 0.29) is 23.2 Å². The quantitative estimate of drug-likeness (QED) is 0.645. The molecule has 2 aromatic carbocycles. The molecule has 2 heterocycles. The van der Waals surface area contributed by atoms with Crippen LogP contribution in [-0.2, 0) is 4.74 Å². The van der Waals surface area contributed by atoms with Crippen molar-refractivity contribution < 1.29 is 14.3 Å². The van der Waals surface area contributed by atoms with Crippen LogP contribution in [0, 0.1) is 0 Å². The molecule has 1 atom stereocenters. The molecule has 1 aliphatic heterocycles. The van der Waals surface area contributed by atoms with Gasteiger partial charge in [-0.05, 0) is 23.8 Å². The average molecular weight is 408 g/mol. The molecule has 1 saturated heterocycles. The Morgan fingerprint density at radius 1 is 1.17 bits per heavy atom. The lowest BCUT2D eigenvalue weighted by atomic mass is 10.0. The monoisotopic (exact) mass is 408 g/mol. The van der Waals surface area contributed by atoms with Crippen LogP contribution in [-0.4, -0.2) is 61.0 Å². The highest BCUT2D eigenvalue weighted by atomic mass is 16.5. The summed E-state index contributed by atoms with van der Waals surface area (Å²) in [6, 6.07) is 14.8. The summed E-state index contributed by atoms with van der Waals surface area (Å²) in [4.78, 5) is 27.2. The van der Waals surface area contributed by atoms with E-state index < -0.39 is 0 Å². The van der Waals surface area contributed by atoms with Gasteiger partial charge in [0.2, 0.25) is 0 Å². The van der Waals surface area contributed by atoms with Gasteiger partial charge in [0.05, 0.1) is 31.8 Å². The van der Waals surface area contributed by atoms with Gasteiger partial charge in [0.1, 0.15) is 5.75 Å². The number of H-pyrrole nitrogens is 1. The number of amides is 1. The Labute approximate surface area is 173 Å². The summed E-state index contributed by atoms with van der Waals surface area (Å²) in [6.45, 7) is 3.29. The number of hydrogen-bond donors (Lipinski definition) is 2. The molecule has 2 N–H and O–H groups in total. The molecule has 0 spiro atoms. The molecule has 1 aromatic heterocycles. The van der Waals surface area contributed by atoms with Crippen LogP contribution in [0.25, 0.3) is 10.8 Å². The Kier molecular flexibility index (Phi) is 6.06. The van der Waals surface area contributed by atoms with Gasteiger partial charge in [-0.2, -0.15) is 5.10 Å². The minimum atomic E-state index is -0.325. The van der Waals surface area contributed by atoms with Crippen LogP contribution < -0.4 is 15.6 Å². The standard InChI is InChI=1S/C22H24N4O4/c1-29-16-8-6-15(7-9-16)19(26-10-12-30-13-11-26)14-23-22(28)20-17-4-2-3-5-18(17)21(27)25-24-20/h2-9,19H,10-14H2,1H3,(H,23,28)(H,25,27). The molecule has 1 aliphatic rings. The number of aromatic amines is 1. The molecule has 1 unspecified atom stereocenters. The lowest BCUT2D eigenvalue weighted by molar-refractivity contribution is 0.0162. The number of carbonyl (C=O) groups is 1. The third-order valence-electron chi connectivity index (χ3n) is 5.35. The Morgan fingerprint density at radius 2 is 1.87 bits per heavy atom. The maximum Gasteiger partial charge on any atom is 0.272 e. The summed E-state index contributed by atoms with van der Waals surface area (Å²) in [5.74, 6) is 0.460. The number of methoxy groups -OCH3 is 1. The molecule has 0 aliphatic carbocycles. The van der Waals surface area contributed by atoms with Crippen molar-refractivity contribution in [2.45, 2.75) is 6.04 Å². The van der Waals surface area contributed by atoms with Crippen molar-refractivity contribution in [3.63, 3.8) is 0 Å². The van der Waals surface area contributed by atoms with Crippen LogP contribution in [0.1, 0.15) is 22.1 Å². The fourth-order valence-corrected chi connectivity index (χ4v) is 3.73. The van der Waals surface area contributed by atoms with Crippen molar-refractivity contribution in [2.75, 3.05) is 40.0 Å². The summed E-state index contributed by atoms with van der Waals surface area (Å²) >= 11 is 0. The van der Waals surface area contributed by atoms with Gasteiger partial charge in [0, 0.05) is 25.0 Å². The molecule has 0 radical (unpaired) electrons. The van der Waals surface area contributed by atoms with Crippen molar-refractivity contribution in [3.05, 3.63) is 70.1 Å². The van der Waals surface area contributed by atoms with E-state index in [9.17, 15) is 9.59 Å². The molecule has 4 rings (SSSR count). The van der Waals surface area contributed by atoms with Gasteiger partial charge in [0.25, 0.3) is 11.5 Å². The molecule has 8 nitrogen and oxygen atoms in total. The van der Waals surface area contributed by atoms with Gasteiger partial charge in [-0.15, -0.1) is 0 Å². The van der Waals surface area contributed by atoms with E-state index >= 15 is 0 Å². The first-order chi connectivity index (χ1) is 14.7. The second-order valence-electron chi connectivity index (χ2n) is 7.09. The topological polar surface area (TPSA) is 96.5 Å². The summed E-state index contributed by atoms with van der Waals surface area (Å²) in [6.07, 6.45) is 0. The number of hydrogen-bond acceptors (Lipinski definition) is 6. The SMILES string of the molecule is COc1ccc(C(CNC(=O)c2n[nH]c(=O)c3ccccc23)N2CCOCC2)cc1. The zero-order chi connectivity index (χ0) is 20.9. The van der Waals surface area contributed by atoms with E-state index in [4.69, 9.17) is 9.47 Å². The number of benzene rings is 2. The minimum Gasteiger partial charge on any atom is -0.497 e. The van der Waals surface area contributed by atoms with Crippen molar-refractivity contribution in [1.82, 2.24) is 20.4 Å². The van der Waals surface area contributed by atoms with E-state index in [1.807, 2.05) is 24.3 Å². The number of nitrogens with zero attached hydrogens (tertiary/aromatic N) is 2. The maximum absolute atomic E-state index is 12.9. The van der Waals surface area contributed by atoms with Crippen molar-refractivity contribution >= 4 is 16.7 Å². The molecule has 1 fully saturated rings. The first-order valence-electron chi connectivity index (χ1n) is 9.89. The fraction of sp³-hybridized carbons (Fsp3) is 0.318. The third kappa shape index (κ3) is 4.19. The predicted octanol–water partition coefficient (Wildman–Crippen LogP) is 1.73. The number of fused-ring (bicyclic) bond motifs is 1. The molecule has 8 heteroatoms. The highest BCUT2D eigenvalue weighted by molar-refractivity contribution is 6.04. The Morgan fingerprint density at radius 3 is 2.57 bits per heavy atom. The van der Waals surface area contributed by atoms with E-state index in [1.165, 1.54) is 0 Å². The van der Waals surface area contributed by atoms with Gasteiger partial charge in [0.15, 0.2) is 5.69 Å². The van der Waals surface area contributed by atoms with Gasteiger partial charge in [-0.25, -0.2) is 5.10 Å². The number of carbonyl (C=O) groups excluding carboxylic acids is 1. The van der Waals surface area contributed by atoms with Crippen LogP contribution in [0.15, 0.2) is 53.3 Å². The minimum absolute atomic E-state index is 0.0159. The van der Waals surface area contributed by atoms with E-state index in [0.717, 1.165) is 24.4 Å². The van der Waals surface area contributed by atoms with Crippen molar-refractivity contribution in [1.29, 1.82) is 0 Å². The summed E-state index contributed by atoms with van der Waals surface area (Å²) < 4.78 is 10.7. The van der Waals surface area contributed by atoms with E-state index in [0.29, 0.717) is 30.5 Å². The molecule has 0 bridgehead atoms. The first kappa shape index (κ1) is 20.1. The Hall–Kier alpha value is -3.23.